The predicted octanol–water partition coefficient (Wildman–Crippen LogP) is 3.21. The number of methoxy groups -OCH3 is 1. The lowest BCUT2D eigenvalue weighted by molar-refractivity contribution is -0.110. The summed E-state index contributed by atoms with van der Waals surface area (Å²) in [5.74, 6) is -0.811. The molecule has 1 N–H and O–H groups in total. The van der Waals surface area contributed by atoms with Crippen LogP contribution in [0.4, 0.5) is 5.69 Å². The highest BCUT2D eigenvalue weighted by Crippen LogP contribution is 2.35. The molecule has 106 valence electrons. The van der Waals surface area contributed by atoms with Crippen molar-refractivity contribution in [2.45, 2.75) is 0 Å². The van der Waals surface area contributed by atoms with E-state index < -0.39 is 5.97 Å². The van der Waals surface area contributed by atoms with Crippen LogP contribution >= 0.6 is 11.6 Å². The van der Waals surface area contributed by atoms with Gasteiger partial charge in [-0.15, -0.1) is 0 Å². The number of carbonyl (C=O) groups excluding carboxylic acids is 2. The maximum absolute atomic E-state index is 12.1. The molecule has 3 rings (SSSR count). The Hall–Kier alpha value is -2.53. The van der Waals surface area contributed by atoms with Crippen LogP contribution in [0.15, 0.2) is 34.9 Å². The van der Waals surface area contributed by atoms with Gasteiger partial charge in [0.2, 0.25) is 5.76 Å². The third-order valence-corrected chi connectivity index (χ3v) is 3.37. The van der Waals surface area contributed by atoms with E-state index in [2.05, 4.69) is 10.1 Å². The van der Waals surface area contributed by atoms with E-state index in [-0.39, 0.29) is 11.7 Å². The molecule has 0 fully saturated rings. The molecule has 1 aliphatic heterocycles. The van der Waals surface area contributed by atoms with Gasteiger partial charge in [0.05, 0.1) is 13.4 Å². The summed E-state index contributed by atoms with van der Waals surface area (Å²) in [4.78, 5) is 23.6. The largest absolute Gasteiger partial charge is 0.463 e. The molecule has 2 aromatic rings. The van der Waals surface area contributed by atoms with E-state index in [1.165, 1.54) is 13.4 Å². The fourth-order valence-electron chi connectivity index (χ4n) is 2.15. The second-order valence-electron chi connectivity index (χ2n) is 4.40. The van der Waals surface area contributed by atoms with Crippen LogP contribution in [0.3, 0.4) is 0 Å². The predicted molar refractivity (Wildman–Crippen MR) is 78.0 cm³/mol. The SMILES string of the molecule is COC(=O)c1occc1/C=C1\C(=O)Nc2ccc(Cl)cc21. The minimum absolute atomic E-state index is 0.0493. The van der Waals surface area contributed by atoms with Gasteiger partial charge >= 0.3 is 5.97 Å². The van der Waals surface area contributed by atoms with Gasteiger partial charge in [-0.05, 0) is 30.3 Å². The van der Waals surface area contributed by atoms with E-state index in [9.17, 15) is 9.59 Å². The van der Waals surface area contributed by atoms with Crippen LogP contribution in [0.2, 0.25) is 5.02 Å². The topological polar surface area (TPSA) is 68.5 Å². The van der Waals surface area contributed by atoms with E-state index in [0.717, 1.165) is 0 Å². The van der Waals surface area contributed by atoms with E-state index in [4.69, 9.17) is 16.0 Å². The first-order valence-electron chi connectivity index (χ1n) is 6.09. The molecule has 0 saturated heterocycles. The Balaban J connectivity index is 2.09. The van der Waals surface area contributed by atoms with Gasteiger partial charge in [-0.2, -0.15) is 0 Å². The third-order valence-electron chi connectivity index (χ3n) is 3.13. The molecule has 1 aromatic carbocycles. The van der Waals surface area contributed by atoms with Crippen LogP contribution in [-0.2, 0) is 9.53 Å². The number of benzene rings is 1. The first kappa shape index (κ1) is 13.5. The zero-order valence-electron chi connectivity index (χ0n) is 11.0. The normalized spacial score (nSPS) is 15.0. The van der Waals surface area contributed by atoms with Crippen LogP contribution in [0.5, 0.6) is 0 Å². The van der Waals surface area contributed by atoms with Gasteiger partial charge < -0.3 is 14.5 Å². The average Bonchev–Trinajstić information content (AvgIpc) is 3.04. The molecule has 1 aliphatic rings. The molecular weight excluding hydrogens is 294 g/mol. The van der Waals surface area contributed by atoms with Crippen molar-refractivity contribution in [3.63, 3.8) is 0 Å². The Kier molecular flexibility index (Phi) is 3.27. The summed E-state index contributed by atoms with van der Waals surface area (Å²) in [7, 11) is 1.26. The summed E-state index contributed by atoms with van der Waals surface area (Å²) in [5, 5.41) is 3.26. The van der Waals surface area contributed by atoms with Crippen molar-refractivity contribution in [2.24, 2.45) is 0 Å². The third kappa shape index (κ3) is 2.32. The quantitative estimate of drug-likeness (QED) is 0.683. The molecule has 21 heavy (non-hydrogen) atoms. The van der Waals surface area contributed by atoms with Crippen molar-refractivity contribution in [3.05, 3.63) is 52.4 Å². The van der Waals surface area contributed by atoms with Crippen LogP contribution in [0.1, 0.15) is 21.7 Å². The standard InChI is InChI=1S/C15H10ClNO4/c1-20-15(19)13-8(4-5-21-13)6-11-10-7-9(16)2-3-12(10)17-14(11)18/h2-7H,1H3,(H,17,18)/b11-6-. The molecule has 1 aromatic heterocycles. The van der Waals surface area contributed by atoms with E-state index in [1.807, 2.05) is 0 Å². The number of rotatable bonds is 2. The Morgan fingerprint density at radius 1 is 1.38 bits per heavy atom. The maximum Gasteiger partial charge on any atom is 0.374 e. The van der Waals surface area contributed by atoms with Crippen molar-refractivity contribution in [2.75, 3.05) is 12.4 Å². The van der Waals surface area contributed by atoms with Crippen molar-refractivity contribution < 1.29 is 18.7 Å². The van der Waals surface area contributed by atoms with Gasteiger partial charge in [-0.1, -0.05) is 11.6 Å². The summed E-state index contributed by atoms with van der Waals surface area (Å²) >= 11 is 5.96. The first-order valence-corrected chi connectivity index (χ1v) is 6.46. The lowest BCUT2D eigenvalue weighted by atomic mass is 10.0. The fourth-order valence-corrected chi connectivity index (χ4v) is 2.32. The molecule has 2 heterocycles. The maximum atomic E-state index is 12.1. The summed E-state index contributed by atoms with van der Waals surface area (Å²) in [6.45, 7) is 0. The monoisotopic (exact) mass is 303 g/mol. The molecule has 0 unspecified atom stereocenters. The number of carbonyl (C=O) groups is 2. The molecule has 1 amide bonds. The van der Waals surface area contributed by atoms with Gasteiger partial charge in [-0.25, -0.2) is 4.79 Å². The second-order valence-corrected chi connectivity index (χ2v) is 4.84. The van der Waals surface area contributed by atoms with Crippen LogP contribution in [-0.4, -0.2) is 19.0 Å². The minimum atomic E-state index is -0.600. The average molecular weight is 304 g/mol. The van der Waals surface area contributed by atoms with Gasteiger partial charge in [0.1, 0.15) is 0 Å². The number of furan rings is 1. The zero-order valence-corrected chi connectivity index (χ0v) is 11.7. The number of anilines is 1. The van der Waals surface area contributed by atoms with Gasteiger partial charge in [-0.3, -0.25) is 4.79 Å². The number of fused-ring (bicyclic) bond motifs is 1. The Morgan fingerprint density at radius 3 is 2.95 bits per heavy atom. The highest BCUT2D eigenvalue weighted by atomic mass is 35.5. The molecular formula is C15H10ClNO4. The second kappa shape index (κ2) is 5.10. The van der Waals surface area contributed by atoms with Gasteiger partial charge in [0.15, 0.2) is 0 Å². The van der Waals surface area contributed by atoms with E-state index >= 15 is 0 Å². The van der Waals surface area contributed by atoms with Crippen molar-refractivity contribution in [1.82, 2.24) is 0 Å². The Bertz CT molecular complexity index is 776. The Labute approximate surface area is 125 Å². The molecule has 0 aliphatic carbocycles. The van der Waals surface area contributed by atoms with Gasteiger partial charge in [0, 0.05) is 27.4 Å². The number of amides is 1. The summed E-state index contributed by atoms with van der Waals surface area (Å²) < 4.78 is 9.73. The highest BCUT2D eigenvalue weighted by Gasteiger charge is 2.25. The number of hydrogen-bond donors (Lipinski definition) is 1. The van der Waals surface area contributed by atoms with Crippen LogP contribution in [0, 0.1) is 0 Å². The molecule has 0 spiro atoms. The number of ether oxygens (including phenoxy) is 1. The molecule has 5 nitrogen and oxygen atoms in total. The molecule has 0 atom stereocenters. The van der Waals surface area contributed by atoms with Gasteiger partial charge in [0.25, 0.3) is 5.91 Å². The lowest BCUT2D eigenvalue weighted by Crippen LogP contribution is -2.04. The highest BCUT2D eigenvalue weighted by molar-refractivity contribution is 6.36. The summed E-state index contributed by atoms with van der Waals surface area (Å²) in [6, 6.07) is 6.71. The zero-order chi connectivity index (χ0) is 15.0. The van der Waals surface area contributed by atoms with Crippen molar-refractivity contribution in [1.29, 1.82) is 0 Å². The number of hydrogen-bond acceptors (Lipinski definition) is 4. The van der Waals surface area contributed by atoms with Crippen molar-refractivity contribution in [3.8, 4) is 0 Å². The smallest absolute Gasteiger partial charge is 0.374 e. The molecule has 0 saturated carbocycles. The summed E-state index contributed by atoms with van der Waals surface area (Å²) in [5.41, 5.74) is 2.25. The number of esters is 1. The Morgan fingerprint density at radius 2 is 2.19 bits per heavy atom. The number of nitrogens with one attached hydrogen (secondary N) is 1. The fraction of sp³-hybridized carbons (Fsp3) is 0.0667. The number of halogens is 1. The van der Waals surface area contributed by atoms with Crippen LogP contribution in [0.25, 0.3) is 11.6 Å². The molecule has 0 bridgehead atoms. The lowest BCUT2D eigenvalue weighted by Gasteiger charge is -2.00. The van der Waals surface area contributed by atoms with Crippen molar-refractivity contribution >= 4 is 40.8 Å². The molecule has 0 radical (unpaired) electrons. The van der Waals surface area contributed by atoms with E-state index in [1.54, 1.807) is 30.3 Å². The van der Waals surface area contributed by atoms with E-state index in [0.29, 0.717) is 27.4 Å². The minimum Gasteiger partial charge on any atom is -0.463 e. The first-order chi connectivity index (χ1) is 10.1. The van der Waals surface area contributed by atoms with Crippen LogP contribution < -0.4 is 5.32 Å². The molecule has 6 heteroatoms. The summed E-state index contributed by atoms with van der Waals surface area (Å²) in [6.07, 6.45) is 2.94.